The maximum absolute atomic E-state index is 15.8. The monoisotopic (exact) mass is 1060 g/mol. The Morgan fingerprint density at radius 3 is 1.66 bits per heavy atom. The van der Waals surface area contributed by atoms with Gasteiger partial charge in [-0.2, -0.15) is 0 Å². The molecule has 0 saturated carbocycles. The zero-order valence-electron chi connectivity index (χ0n) is 43.7. The third kappa shape index (κ3) is 9.60. The van der Waals surface area contributed by atoms with Gasteiger partial charge in [-0.05, 0) is 122 Å². The van der Waals surface area contributed by atoms with Gasteiger partial charge in [0.2, 0.25) is 0 Å². The molecule has 0 bridgehead atoms. The maximum atomic E-state index is 15.8. The van der Waals surface area contributed by atoms with Gasteiger partial charge in [-0.3, -0.25) is 24.2 Å². The molecule has 4 aliphatic rings. The van der Waals surface area contributed by atoms with Gasteiger partial charge in [-0.15, -0.1) is 0 Å². The Hall–Kier alpha value is -9.20. The molecule has 6 heterocycles. The first-order chi connectivity index (χ1) is 38.3. The van der Waals surface area contributed by atoms with Gasteiger partial charge >= 0.3 is 6.03 Å². The third-order valence-corrected chi connectivity index (χ3v) is 15.5. The number of nitrogens with zero attached hydrogens (tertiary/aromatic N) is 6. The van der Waals surface area contributed by atoms with Crippen molar-refractivity contribution in [1.29, 1.82) is 0 Å². The Balaban J connectivity index is 0.771. The number of halogens is 2. The van der Waals surface area contributed by atoms with Crippen molar-refractivity contribution in [2.45, 2.75) is 39.8 Å². The SMILES string of the molecule is Cc1noc(C)c1NC(=O)Nc1ccc(N2CCN(C3c4ccccc4NC(=O)c4cc(-c5ccc6c(c5)NC(=O)c5ccccc5C6N5CCN(c6ccc(NC(=O)c7c(C)noc7C)cc6F)CC5)ccc43)CC2)c(F)c1. The predicted octanol–water partition coefficient (Wildman–Crippen LogP) is 10.7. The van der Waals surface area contributed by atoms with Gasteiger partial charge in [-0.1, -0.05) is 71.0 Å². The summed E-state index contributed by atoms with van der Waals surface area (Å²) in [4.78, 5) is 62.8. The number of aryl methyl sites for hydroxylation is 4. The number of fused-ring (bicyclic) bond motifs is 4. The highest BCUT2D eigenvalue weighted by molar-refractivity contribution is 6.09. The molecule has 2 aromatic heterocycles. The van der Waals surface area contributed by atoms with E-state index in [1.54, 1.807) is 52.0 Å². The summed E-state index contributed by atoms with van der Waals surface area (Å²) in [6.07, 6.45) is 0. The lowest BCUT2D eigenvalue weighted by Crippen LogP contribution is -2.48. The minimum atomic E-state index is -0.546. The maximum Gasteiger partial charge on any atom is 0.323 e. The number of nitrogens with one attached hydrogen (secondary N) is 5. The van der Waals surface area contributed by atoms with Crippen LogP contribution in [0.25, 0.3) is 11.1 Å². The summed E-state index contributed by atoms with van der Waals surface area (Å²) in [5, 5.41) is 22.3. The minimum Gasteiger partial charge on any atom is -0.367 e. The molecule has 17 nitrogen and oxygen atoms in total. The smallest absolute Gasteiger partial charge is 0.323 e. The van der Waals surface area contributed by atoms with Crippen molar-refractivity contribution < 1.29 is 37.0 Å². The highest BCUT2D eigenvalue weighted by atomic mass is 19.1. The van der Waals surface area contributed by atoms with Gasteiger partial charge in [0.1, 0.15) is 34.3 Å². The van der Waals surface area contributed by atoms with E-state index < -0.39 is 23.6 Å². The van der Waals surface area contributed by atoms with E-state index in [0.717, 1.165) is 33.4 Å². The summed E-state index contributed by atoms with van der Waals surface area (Å²) >= 11 is 0. The molecule has 2 unspecified atom stereocenters. The van der Waals surface area contributed by atoms with E-state index in [1.165, 1.54) is 12.1 Å². The van der Waals surface area contributed by atoms with Crippen LogP contribution in [-0.4, -0.2) is 96.2 Å². The molecular formula is C60H55F2N11O6. The average Bonchev–Trinajstić information content (AvgIpc) is 3.95. The number of rotatable bonds is 9. The number of anilines is 7. The van der Waals surface area contributed by atoms with E-state index in [9.17, 15) is 19.2 Å². The van der Waals surface area contributed by atoms with Crippen LogP contribution >= 0.6 is 0 Å². The van der Waals surface area contributed by atoms with E-state index in [4.69, 9.17) is 9.05 Å². The lowest BCUT2D eigenvalue weighted by atomic mass is 9.89. The number of aromatic nitrogens is 2. The number of amides is 5. The number of urea groups is 1. The Morgan fingerprint density at radius 1 is 0.532 bits per heavy atom. The highest BCUT2D eigenvalue weighted by Gasteiger charge is 2.37. The summed E-state index contributed by atoms with van der Waals surface area (Å²) in [6.45, 7) is 11.0. The fourth-order valence-electron chi connectivity index (χ4n) is 11.6. The van der Waals surface area contributed by atoms with Crippen molar-refractivity contribution in [1.82, 2.24) is 20.1 Å². The summed E-state index contributed by atoms with van der Waals surface area (Å²) in [6, 6.07) is 35.6. The second-order valence-corrected chi connectivity index (χ2v) is 20.3. The zero-order chi connectivity index (χ0) is 54.6. The molecule has 19 heteroatoms. The van der Waals surface area contributed by atoms with Gasteiger partial charge in [0.05, 0.1) is 29.2 Å². The molecule has 5 N–H and O–H groups in total. The molecule has 12 rings (SSSR count). The molecule has 0 spiro atoms. The number of hydrogen-bond donors (Lipinski definition) is 5. The Morgan fingerprint density at radius 2 is 1.05 bits per heavy atom. The topological polar surface area (TPSA) is 193 Å². The molecule has 0 radical (unpaired) electrons. The first-order valence-corrected chi connectivity index (χ1v) is 26.2. The fraction of sp³-hybridized carbons (Fsp3) is 0.233. The second-order valence-electron chi connectivity index (χ2n) is 20.3. The van der Waals surface area contributed by atoms with Crippen LogP contribution in [0.2, 0.25) is 0 Å². The van der Waals surface area contributed by atoms with Crippen LogP contribution in [0.5, 0.6) is 0 Å². The van der Waals surface area contributed by atoms with Crippen LogP contribution in [0.4, 0.5) is 53.4 Å². The number of para-hydroxylation sites is 1. The van der Waals surface area contributed by atoms with Gasteiger partial charge in [0.25, 0.3) is 17.7 Å². The van der Waals surface area contributed by atoms with Crippen LogP contribution in [-0.2, 0) is 0 Å². The number of carbonyl (C=O) groups is 4. The van der Waals surface area contributed by atoms with Gasteiger partial charge < -0.3 is 45.4 Å². The van der Waals surface area contributed by atoms with E-state index in [2.05, 4.69) is 52.8 Å². The fourth-order valence-corrected chi connectivity index (χ4v) is 11.6. The first-order valence-electron chi connectivity index (χ1n) is 26.2. The number of benzene rings is 6. The molecule has 2 atom stereocenters. The lowest BCUT2D eigenvalue weighted by Gasteiger charge is -2.41. The zero-order valence-corrected chi connectivity index (χ0v) is 43.7. The quantitative estimate of drug-likeness (QED) is 0.0920. The summed E-state index contributed by atoms with van der Waals surface area (Å²) in [5.74, 6) is -0.980. The van der Waals surface area contributed by atoms with E-state index in [0.29, 0.717) is 132 Å². The highest BCUT2D eigenvalue weighted by Crippen LogP contribution is 2.44. The van der Waals surface area contributed by atoms with Gasteiger partial charge in [-0.25, -0.2) is 13.6 Å². The predicted molar refractivity (Wildman–Crippen MR) is 297 cm³/mol. The molecule has 6 aromatic carbocycles. The molecule has 4 aliphatic heterocycles. The Labute approximate surface area is 453 Å². The van der Waals surface area contributed by atoms with Crippen molar-refractivity contribution >= 4 is 63.6 Å². The first kappa shape index (κ1) is 50.6. The number of carbonyl (C=O) groups excluding carboxylic acids is 4. The standard InChI is InChI=1S/C60H55F2N11O6/c1-33-53(35(3)78-68-33)59(76)63-39-15-19-51(47(61)31-39)70-21-25-72(26-22-70)55-41-9-5-6-10-43(41)57(74)66-50-30-38(14-18-45(50)55)37-13-17-42-46(29-37)58(75)65-49-12-8-7-11-44(49)56(42)73-27-23-71(24-28-73)52-20-16-40(32-48(52)62)64-60(77)67-54-34(2)69-79-36(54)4/h5-20,29-32,55-56H,21-28H2,1-4H3,(H,63,76)(H,65,75)(H,66,74)(H2,64,67,77). The van der Waals surface area contributed by atoms with Crippen LogP contribution in [0.1, 0.15) is 88.3 Å². The summed E-state index contributed by atoms with van der Waals surface area (Å²) < 4.78 is 41.9. The Bertz CT molecular complexity index is 3710. The third-order valence-electron chi connectivity index (χ3n) is 15.5. The van der Waals surface area contributed by atoms with Crippen molar-refractivity contribution in [2.24, 2.45) is 0 Å². The van der Waals surface area contributed by atoms with Crippen molar-refractivity contribution in [2.75, 3.05) is 88.7 Å². The van der Waals surface area contributed by atoms with Crippen LogP contribution < -0.4 is 36.4 Å². The van der Waals surface area contributed by atoms with Gasteiger partial charge in [0.15, 0.2) is 5.76 Å². The minimum absolute atomic E-state index is 0.230. The van der Waals surface area contributed by atoms with E-state index in [-0.39, 0.29) is 23.9 Å². The van der Waals surface area contributed by atoms with Gasteiger partial charge in [0, 0.05) is 86.2 Å². The molecule has 79 heavy (non-hydrogen) atoms. The molecule has 400 valence electrons. The largest absolute Gasteiger partial charge is 0.367 e. The summed E-state index contributed by atoms with van der Waals surface area (Å²) in [7, 11) is 0. The number of piperazine rings is 2. The van der Waals surface area contributed by atoms with Crippen molar-refractivity contribution in [3.63, 3.8) is 0 Å². The van der Waals surface area contributed by atoms with E-state index in [1.807, 2.05) is 88.7 Å². The van der Waals surface area contributed by atoms with Crippen LogP contribution in [0.15, 0.2) is 130 Å². The van der Waals surface area contributed by atoms with Crippen molar-refractivity contribution in [3.05, 3.63) is 195 Å². The number of hydrogen-bond acceptors (Lipinski definition) is 12. The lowest BCUT2D eigenvalue weighted by molar-refractivity contribution is 0.101. The molecular weight excluding hydrogens is 1010 g/mol. The normalized spacial score (nSPS) is 17.3. The van der Waals surface area contributed by atoms with E-state index >= 15 is 8.78 Å². The summed E-state index contributed by atoms with van der Waals surface area (Å²) in [5.41, 5.74) is 10.8. The molecule has 0 aliphatic carbocycles. The van der Waals surface area contributed by atoms with Crippen molar-refractivity contribution in [3.8, 4) is 11.1 Å². The molecule has 8 aromatic rings. The second kappa shape index (κ2) is 20.6. The van der Waals surface area contributed by atoms with Crippen LogP contribution in [0.3, 0.4) is 0 Å². The molecule has 2 saturated heterocycles. The van der Waals surface area contributed by atoms with Crippen LogP contribution in [0, 0.1) is 39.3 Å². The molecule has 2 fully saturated rings. The Kier molecular flexibility index (Phi) is 13.2. The average molecular weight is 1060 g/mol. The molecule has 5 amide bonds.